The van der Waals surface area contributed by atoms with E-state index in [2.05, 4.69) is 0 Å². The Hall–Kier alpha value is -2.62. The lowest BCUT2D eigenvalue weighted by molar-refractivity contribution is -0.277. The molecular weight excluding hydrogens is 368 g/mol. The Labute approximate surface area is 161 Å². The number of hydrogen-bond donors (Lipinski definition) is 6. The third kappa shape index (κ3) is 4.61. The molecule has 0 amide bonds. The van der Waals surface area contributed by atoms with Gasteiger partial charge in [0.15, 0.2) is 0 Å². The number of ether oxygens (including phenoxy) is 2. The van der Waals surface area contributed by atoms with E-state index in [9.17, 15) is 30.6 Å². The smallest absolute Gasteiger partial charge is 0.229 e. The summed E-state index contributed by atoms with van der Waals surface area (Å²) in [5, 5.41) is 58.2. The van der Waals surface area contributed by atoms with E-state index in [0.717, 1.165) is 5.56 Å². The molecule has 150 valence electrons. The van der Waals surface area contributed by atoms with Crippen LogP contribution in [0.1, 0.15) is 11.1 Å². The third-order valence-corrected chi connectivity index (χ3v) is 4.38. The van der Waals surface area contributed by atoms with E-state index in [1.165, 1.54) is 12.1 Å². The molecule has 2 aromatic carbocycles. The zero-order chi connectivity index (χ0) is 20.3. The van der Waals surface area contributed by atoms with E-state index in [1.807, 2.05) is 0 Å². The Morgan fingerprint density at radius 3 is 2.18 bits per heavy atom. The number of aromatic hydroxyl groups is 2. The van der Waals surface area contributed by atoms with Crippen LogP contribution < -0.4 is 4.74 Å². The molecule has 0 unspecified atom stereocenters. The molecule has 1 fully saturated rings. The van der Waals surface area contributed by atoms with Crippen molar-refractivity contribution in [3.8, 4) is 17.2 Å². The number of phenolic OH excluding ortho intramolecular Hbond substituents is 2. The molecule has 0 spiro atoms. The second-order valence-electron chi connectivity index (χ2n) is 6.50. The summed E-state index contributed by atoms with van der Waals surface area (Å²) in [5.74, 6) is 0.229. The molecule has 28 heavy (non-hydrogen) atoms. The van der Waals surface area contributed by atoms with Gasteiger partial charge in [0.1, 0.15) is 41.7 Å². The van der Waals surface area contributed by atoms with Crippen molar-refractivity contribution in [2.75, 3.05) is 6.61 Å². The highest BCUT2D eigenvalue weighted by atomic mass is 16.7. The highest BCUT2D eigenvalue weighted by Gasteiger charge is 2.44. The molecule has 3 rings (SSSR count). The van der Waals surface area contributed by atoms with Gasteiger partial charge in [-0.3, -0.25) is 0 Å². The molecule has 8 heteroatoms. The molecule has 0 saturated carbocycles. The lowest BCUT2D eigenvalue weighted by atomic mass is 9.99. The summed E-state index contributed by atoms with van der Waals surface area (Å²) < 4.78 is 10.8. The molecule has 1 aliphatic rings. The average Bonchev–Trinajstić information content (AvgIpc) is 2.67. The Kier molecular flexibility index (Phi) is 6.18. The van der Waals surface area contributed by atoms with Crippen LogP contribution in [0.15, 0.2) is 42.5 Å². The number of hydrogen-bond acceptors (Lipinski definition) is 8. The van der Waals surface area contributed by atoms with Crippen molar-refractivity contribution in [2.45, 2.75) is 30.7 Å². The van der Waals surface area contributed by atoms with Gasteiger partial charge in [-0.1, -0.05) is 24.3 Å². The molecule has 2 aromatic rings. The van der Waals surface area contributed by atoms with E-state index in [-0.39, 0.29) is 17.2 Å². The van der Waals surface area contributed by atoms with Gasteiger partial charge < -0.3 is 40.1 Å². The topological polar surface area (TPSA) is 140 Å². The predicted molar refractivity (Wildman–Crippen MR) is 99.5 cm³/mol. The first-order valence-corrected chi connectivity index (χ1v) is 8.65. The van der Waals surface area contributed by atoms with Crippen molar-refractivity contribution in [3.63, 3.8) is 0 Å². The van der Waals surface area contributed by atoms with E-state index in [4.69, 9.17) is 9.47 Å². The van der Waals surface area contributed by atoms with Crippen molar-refractivity contribution in [3.05, 3.63) is 53.6 Å². The van der Waals surface area contributed by atoms with Crippen molar-refractivity contribution < 1.29 is 40.1 Å². The Balaban J connectivity index is 1.76. The molecule has 1 aliphatic heterocycles. The standard InChI is InChI=1S/C20H22O8/c21-10-16-17(24)18(25)19(26)20(28-16)27-15-8-12(7-14(23)9-15)2-1-11-3-5-13(22)6-4-11/h1-9,16-26H,10H2/b2-1-/t16-,17-,18+,19+,20-/m1/s1. The minimum Gasteiger partial charge on any atom is -0.508 e. The van der Waals surface area contributed by atoms with Crippen LogP contribution in [0.4, 0.5) is 0 Å². The Bertz CT molecular complexity index is 817. The number of aliphatic hydroxyl groups is 4. The second-order valence-corrected chi connectivity index (χ2v) is 6.50. The largest absolute Gasteiger partial charge is 0.508 e. The molecule has 1 heterocycles. The van der Waals surface area contributed by atoms with Crippen LogP contribution in [-0.4, -0.2) is 68.0 Å². The Morgan fingerprint density at radius 1 is 0.821 bits per heavy atom. The van der Waals surface area contributed by atoms with Crippen LogP contribution in [0.2, 0.25) is 0 Å². The molecule has 0 aromatic heterocycles. The first-order chi connectivity index (χ1) is 13.4. The summed E-state index contributed by atoms with van der Waals surface area (Å²) in [4.78, 5) is 0. The van der Waals surface area contributed by atoms with Gasteiger partial charge in [-0.05, 0) is 35.4 Å². The quantitative estimate of drug-likeness (QED) is 0.405. The highest BCUT2D eigenvalue weighted by Crippen LogP contribution is 2.28. The lowest BCUT2D eigenvalue weighted by Gasteiger charge is -2.39. The normalized spacial score (nSPS) is 27.8. The van der Waals surface area contributed by atoms with Gasteiger partial charge in [-0.2, -0.15) is 0 Å². The summed E-state index contributed by atoms with van der Waals surface area (Å²) in [6.45, 7) is -0.564. The van der Waals surface area contributed by atoms with E-state index in [0.29, 0.717) is 5.56 Å². The first-order valence-electron chi connectivity index (χ1n) is 8.65. The van der Waals surface area contributed by atoms with Crippen LogP contribution in [0.3, 0.4) is 0 Å². The van der Waals surface area contributed by atoms with E-state index in [1.54, 1.807) is 42.5 Å². The predicted octanol–water partition coefficient (Wildman–Crippen LogP) is 0.447. The van der Waals surface area contributed by atoms with Crippen molar-refractivity contribution in [2.24, 2.45) is 0 Å². The molecule has 0 radical (unpaired) electrons. The van der Waals surface area contributed by atoms with E-state index < -0.39 is 37.3 Å². The van der Waals surface area contributed by atoms with Crippen molar-refractivity contribution in [1.29, 1.82) is 0 Å². The minimum atomic E-state index is -1.55. The number of phenols is 2. The maximum absolute atomic E-state index is 10.1. The summed E-state index contributed by atoms with van der Waals surface area (Å²) >= 11 is 0. The average molecular weight is 390 g/mol. The van der Waals surface area contributed by atoms with Crippen LogP contribution in [-0.2, 0) is 4.74 Å². The van der Waals surface area contributed by atoms with Gasteiger partial charge >= 0.3 is 0 Å². The van der Waals surface area contributed by atoms with Gasteiger partial charge in [0.2, 0.25) is 6.29 Å². The number of aliphatic hydroxyl groups excluding tert-OH is 4. The maximum atomic E-state index is 10.1. The SMILES string of the molecule is OC[C@H]1O[C@@H](Oc2cc(O)cc(/C=C\c3ccc(O)cc3)c2)[C@@H](O)[C@@H](O)[C@@H]1O. The molecule has 8 nitrogen and oxygen atoms in total. The van der Waals surface area contributed by atoms with Gasteiger partial charge in [0.25, 0.3) is 0 Å². The zero-order valence-electron chi connectivity index (χ0n) is 14.8. The first kappa shape index (κ1) is 20.1. The summed E-state index contributed by atoms with van der Waals surface area (Å²) in [6.07, 6.45) is -3.52. The summed E-state index contributed by atoms with van der Waals surface area (Å²) in [6, 6.07) is 10.9. The van der Waals surface area contributed by atoms with Crippen molar-refractivity contribution >= 4 is 12.2 Å². The van der Waals surface area contributed by atoms with Gasteiger partial charge in [0, 0.05) is 6.07 Å². The molecule has 0 bridgehead atoms. The van der Waals surface area contributed by atoms with Gasteiger partial charge in [0.05, 0.1) is 6.61 Å². The van der Waals surface area contributed by atoms with Crippen LogP contribution >= 0.6 is 0 Å². The van der Waals surface area contributed by atoms with E-state index >= 15 is 0 Å². The zero-order valence-corrected chi connectivity index (χ0v) is 14.8. The number of rotatable bonds is 5. The van der Waals surface area contributed by atoms with Crippen LogP contribution in [0, 0.1) is 0 Å². The second kappa shape index (κ2) is 8.59. The molecule has 6 N–H and O–H groups in total. The fourth-order valence-corrected chi connectivity index (χ4v) is 2.85. The minimum absolute atomic E-state index is 0.0903. The fraction of sp³-hybridized carbons (Fsp3) is 0.300. The van der Waals surface area contributed by atoms with Gasteiger partial charge in [-0.15, -0.1) is 0 Å². The molecule has 5 atom stereocenters. The summed E-state index contributed by atoms with van der Waals surface area (Å²) in [5.41, 5.74) is 1.42. The monoisotopic (exact) mass is 390 g/mol. The maximum Gasteiger partial charge on any atom is 0.229 e. The molecule has 0 aliphatic carbocycles. The lowest BCUT2D eigenvalue weighted by Crippen LogP contribution is -2.60. The highest BCUT2D eigenvalue weighted by molar-refractivity contribution is 5.71. The Morgan fingerprint density at radius 2 is 1.50 bits per heavy atom. The van der Waals surface area contributed by atoms with Crippen molar-refractivity contribution in [1.82, 2.24) is 0 Å². The van der Waals surface area contributed by atoms with Crippen LogP contribution in [0.25, 0.3) is 12.2 Å². The van der Waals surface area contributed by atoms with Gasteiger partial charge in [-0.25, -0.2) is 0 Å². The van der Waals surface area contributed by atoms with Crippen LogP contribution in [0.5, 0.6) is 17.2 Å². The number of benzene rings is 2. The molecule has 1 saturated heterocycles. The fourth-order valence-electron chi connectivity index (χ4n) is 2.85. The third-order valence-electron chi connectivity index (χ3n) is 4.38. The molecular formula is C20H22O8. The summed E-state index contributed by atoms with van der Waals surface area (Å²) in [7, 11) is 0.